The maximum Gasteiger partial charge on any atom is 0.236 e. The summed E-state index contributed by atoms with van der Waals surface area (Å²) >= 11 is 0. The van der Waals surface area contributed by atoms with Crippen LogP contribution in [0, 0.1) is 0 Å². The van der Waals surface area contributed by atoms with E-state index in [4.69, 9.17) is 4.74 Å². The molecule has 0 aromatic heterocycles. The Morgan fingerprint density at radius 1 is 1.50 bits per heavy atom. The molecule has 1 atom stereocenters. The van der Waals surface area contributed by atoms with Gasteiger partial charge in [-0.15, -0.1) is 0 Å². The van der Waals surface area contributed by atoms with Crippen molar-refractivity contribution in [1.82, 2.24) is 10.2 Å². The van der Waals surface area contributed by atoms with Gasteiger partial charge in [0.25, 0.3) is 0 Å². The Balaban J connectivity index is 2.03. The maximum atomic E-state index is 11.6. The number of aliphatic hydroxyl groups is 1. The predicted molar refractivity (Wildman–Crippen MR) is 61.2 cm³/mol. The average Bonchev–Trinajstić information content (AvgIpc) is 2.79. The van der Waals surface area contributed by atoms with Crippen LogP contribution in [0.5, 0.6) is 0 Å². The summed E-state index contributed by atoms with van der Waals surface area (Å²) in [6.07, 6.45) is 1.68. The molecule has 1 fully saturated rings. The van der Waals surface area contributed by atoms with Crippen molar-refractivity contribution < 1.29 is 14.6 Å². The summed E-state index contributed by atoms with van der Waals surface area (Å²) < 4.78 is 5.07. The highest BCUT2D eigenvalue weighted by atomic mass is 16.5. The van der Waals surface area contributed by atoms with Crippen molar-refractivity contribution in [3.8, 4) is 0 Å². The standard InChI is InChI=1S/C11H22N2O3/c1-2-16-9-10(14)7-12-8-11(15)13-5-3-4-6-13/h10,12,14H,2-9H2,1H3. The van der Waals surface area contributed by atoms with Crippen LogP contribution in [0.4, 0.5) is 0 Å². The monoisotopic (exact) mass is 230 g/mol. The third-order valence-electron chi connectivity index (χ3n) is 2.63. The fourth-order valence-corrected chi connectivity index (χ4v) is 1.74. The number of amides is 1. The first-order valence-corrected chi connectivity index (χ1v) is 5.98. The van der Waals surface area contributed by atoms with Gasteiger partial charge in [0, 0.05) is 26.2 Å². The summed E-state index contributed by atoms with van der Waals surface area (Å²) in [5.41, 5.74) is 0. The SMILES string of the molecule is CCOCC(O)CNCC(=O)N1CCCC1. The molecule has 2 N–H and O–H groups in total. The van der Waals surface area contributed by atoms with E-state index in [2.05, 4.69) is 5.32 Å². The minimum absolute atomic E-state index is 0.126. The van der Waals surface area contributed by atoms with Crippen LogP contribution >= 0.6 is 0 Å². The van der Waals surface area contributed by atoms with Gasteiger partial charge in [-0.25, -0.2) is 0 Å². The van der Waals surface area contributed by atoms with Gasteiger partial charge in [-0.05, 0) is 19.8 Å². The Kier molecular flexibility index (Phi) is 6.37. The molecule has 1 saturated heterocycles. The van der Waals surface area contributed by atoms with Crippen molar-refractivity contribution in [2.24, 2.45) is 0 Å². The summed E-state index contributed by atoms with van der Waals surface area (Å²) in [6, 6.07) is 0. The van der Waals surface area contributed by atoms with Crippen LogP contribution in [0.1, 0.15) is 19.8 Å². The quantitative estimate of drug-likeness (QED) is 0.624. The van der Waals surface area contributed by atoms with E-state index in [1.165, 1.54) is 0 Å². The smallest absolute Gasteiger partial charge is 0.236 e. The third-order valence-corrected chi connectivity index (χ3v) is 2.63. The molecule has 0 radical (unpaired) electrons. The highest BCUT2D eigenvalue weighted by Gasteiger charge is 2.17. The molecule has 94 valence electrons. The predicted octanol–water partition coefficient (Wildman–Crippen LogP) is -0.404. The molecule has 0 bridgehead atoms. The molecule has 0 saturated carbocycles. The van der Waals surface area contributed by atoms with E-state index in [0.29, 0.717) is 26.3 Å². The molecule has 5 nitrogen and oxygen atoms in total. The first-order chi connectivity index (χ1) is 7.74. The molecule has 1 rings (SSSR count). The molecule has 16 heavy (non-hydrogen) atoms. The van der Waals surface area contributed by atoms with Crippen LogP contribution < -0.4 is 5.32 Å². The van der Waals surface area contributed by atoms with Crippen molar-refractivity contribution in [2.75, 3.05) is 39.4 Å². The second-order valence-electron chi connectivity index (χ2n) is 4.03. The van der Waals surface area contributed by atoms with Gasteiger partial charge in [0.2, 0.25) is 5.91 Å². The molecule has 1 amide bonds. The summed E-state index contributed by atoms with van der Waals surface area (Å²) in [5.74, 6) is 0.126. The lowest BCUT2D eigenvalue weighted by Gasteiger charge is -2.16. The van der Waals surface area contributed by atoms with Crippen molar-refractivity contribution in [2.45, 2.75) is 25.9 Å². The van der Waals surface area contributed by atoms with Crippen LogP contribution in [-0.2, 0) is 9.53 Å². The van der Waals surface area contributed by atoms with Gasteiger partial charge >= 0.3 is 0 Å². The topological polar surface area (TPSA) is 61.8 Å². The normalized spacial score (nSPS) is 17.8. The minimum atomic E-state index is -0.536. The van der Waals surface area contributed by atoms with E-state index in [9.17, 15) is 9.90 Å². The van der Waals surface area contributed by atoms with E-state index < -0.39 is 6.10 Å². The Hall–Kier alpha value is -0.650. The number of hydrogen-bond donors (Lipinski definition) is 2. The molecule has 5 heteroatoms. The van der Waals surface area contributed by atoms with Gasteiger partial charge in [-0.2, -0.15) is 0 Å². The van der Waals surface area contributed by atoms with Crippen molar-refractivity contribution in [1.29, 1.82) is 0 Å². The number of ether oxygens (including phenoxy) is 1. The number of nitrogens with one attached hydrogen (secondary N) is 1. The van der Waals surface area contributed by atoms with Crippen LogP contribution in [0.15, 0.2) is 0 Å². The van der Waals surface area contributed by atoms with E-state index in [1.54, 1.807) is 0 Å². The maximum absolute atomic E-state index is 11.6. The third kappa shape index (κ3) is 4.92. The zero-order valence-electron chi connectivity index (χ0n) is 9.95. The number of likely N-dealkylation sites (tertiary alicyclic amines) is 1. The summed E-state index contributed by atoms with van der Waals surface area (Å²) in [7, 11) is 0. The number of carbonyl (C=O) groups excluding carboxylic acids is 1. The van der Waals surface area contributed by atoms with Crippen molar-refractivity contribution in [3.63, 3.8) is 0 Å². The van der Waals surface area contributed by atoms with Crippen LogP contribution in [0.3, 0.4) is 0 Å². The second kappa shape index (κ2) is 7.60. The van der Waals surface area contributed by atoms with Crippen LogP contribution in [-0.4, -0.2) is 61.4 Å². The summed E-state index contributed by atoms with van der Waals surface area (Å²) in [6.45, 7) is 5.27. The van der Waals surface area contributed by atoms with Crippen LogP contribution in [0.2, 0.25) is 0 Å². The Labute approximate surface area is 96.8 Å². The van der Waals surface area contributed by atoms with Crippen molar-refractivity contribution in [3.05, 3.63) is 0 Å². The van der Waals surface area contributed by atoms with E-state index in [0.717, 1.165) is 25.9 Å². The molecule has 1 aliphatic rings. The number of aliphatic hydroxyl groups excluding tert-OH is 1. The summed E-state index contributed by atoms with van der Waals surface area (Å²) in [5, 5.41) is 12.4. The van der Waals surface area contributed by atoms with Crippen molar-refractivity contribution >= 4 is 5.91 Å². The zero-order valence-corrected chi connectivity index (χ0v) is 9.95. The first-order valence-electron chi connectivity index (χ1n) is 5.98. The number of carbonyl (C=O) groups is 1. The molecular weight excluding hydrogens is 208 g/mol. The van der Waals surface area contributed by atoms with Gasteiger partial charge < -0.3 is 20.1 Å². The lowest BCUT2D eigenvalue weighted by atomic mass is 10.3. The second-order valence-corrected chi connectivity index (χ2v) is 4.03. The Morgan fingerprint density at radius 2 is 2.19 bits per heavy atom. The first kappa shape index (κ1) is 13.4. The zero-order chi connectivity index (χ0) is 11.8. The number of rotatable bonds is 7. The van der Waals surface area contributed by atoms with Gasteiger partial charge in [0.05, 0.1) is 19.3 Å². The van der Waals surface area contributed by atoms with Gasteiger partial charge in [0.1, 0.15) is 0 Å². The Morgan fingerprint density at radius 3 is 2.81 bits per heavy atom. The molecular formula is C11H22N2O3. The molecule has 1 unspecified atom stereocenters. The lowest BCUT2D eigenvalue weighted by molar-refractivity contribution is -0.129. The molecule has 0 aliphatic carbocycles. The van der Waals surface area contributed by atoms with E-state index in [1.807, 2.05) is 11.8 Å². The molecule has 0 aromatic carbocycles. The fraction of sp³-hybridized carbons (Fsp3) is 0.909. The number of nitrogens with zero attached hydrogens (tertiary/aromatic N) is 1. The highest BCUT2D eigenvalue weighted by Crippen LogP contribution is 2.06. The fourth-order valence-electron chi connectivity index (χ4n) is 1.74. The van der Waals surface area contributed by atoms with E-state index in [-0.39, 0.29) is 5.91 Å². The van der Waals surface area contributed by atoms with Crippen LogP contribution in [0.25, 0.3) is 0 Å². The van der Waals surface area contributed by atoms with Gasteiger partial charge in [0.15, 0.2) is 0 Å². The molecule has 1 heterocycles. The highest BCUT2D eigenvalue weighted by molar-refractivity contribution is 5.78. The molecule has 0 spiro atoms. The van der Waals surface area contributed by atoms with Gasteiger partial charge in [-0.1, -0.05) is 0 Å². The van der Waals surface area contributed by atoms with E-state index >= 15 is 0 Å². The molecule has 0 aromatic rings. The summed E-state index contributed by atoms with van der Waals surface area (Å²) in [4.78, 5) is 13.5. The minimum Gasteiger partial charge on any atom is -0.389 e. The average molecular weight is 230 g/mol. The largest absolute Gasteiger partial charge is 0.389 e. The van der Waals surface area contributed by atoms with Gasteiger partial charge in [-0.3, -0.25) is 4.79 Å². The lowest BCUT2D eigenvalue weighted by Crippen LogP contribution is -2.39. The number of hydrogen-bond acceptors (Lipinski definition) is 4. The molecule has 1 aliphatic heterocycles. The Bertz CT molecular complexity index is 205.